The third-order valence-corrected chi connectivity index (χ3v) is 1.62. The largest absolute Gasteiger partial charge is 0.481 e. The maximum Gasteiger partial charge on any atom is 0.255 e. The van der Waals surface area contributed by atoms with Crippen LogP contribution in [0.25, 0.3) is 0 Å². The van der Waals surface area contributed by atoms with E-state index in [1.807, 2.05) is 13.8 Å². The standard InChI is InChI=1S/C9H16F2N2O/c1-6(2)7(9(12)14-3)4-13-5-8(10)11/h4,6,8,12-13H,5H2,1-3H3/b7-4-,12-9?. The van der Waals surface area contributed by atoms with E-state index >= 15 is 0 Å². The average Bonchev–Trinajstić information content (AvgIpc) is 2.10. The van der Waals surface area contributed by atoms with Gasteiger partial charge in [-0.3, -0.25) is 5.41 Å². The molecule has 0 aliphatic carbocycles. The van der Waals surface area contributed by atoms with Crippen LogP contribution in [0.3, 0.4) is 0 Å². The Bertz CT molecular complexity index is 215. The van der Waals surface area contributed by atoms with Crippen LogP contribution in [-0.2, 0) is 4.74 Å². The van der Waals surface area contributed by atoms with Crippen molar-refractivity contribution in [1.82, 2.24) is 5.32 Å². The van der Waals surface area contributed by atoms with Gasteiger partial charge in [0.1, 0.15) is 0 Å². The molecule has 82 valence electrons. The zero-order valence-electron chi connectivity index (χ0n) is 8.60. The first kappa shape index (κ1) is 12.9. The molecule has 0 aliphatic rings. The van der Waals surface area contributed by atoms with Gasteiger partial charge in [-0.25, -0.2) is 8.78 Å². The van der Waals surface area contributed by atoms with Crippen LogP contribution in [-0.4, -0.2) is 26.0 Å². The van der Waals surface area contributed by atoms with E-state index in [1.165, 1.54) is 13.3 Å². The van der Waals surface area contributed by atoms with Gasteiger partial charge in [0, 0.05) is 11.8 Å². The third kappa shape index (κ3) is 4.79. The van der Waals surface area contributed by atoms with Crippen LogP contribution < -0.4 is 5.32 Å². The van der Waals surface area contributed by atoms with E-state index in [0.29, 0.717) is 5.57 Å². The minimum absolute atomic E-state index is 0.00164. The van der Waals surface area contributed by atoms with Gasteiger partial charge in [0.2, 0.25) is 5.90 Å². The van der Waals surface area contributed by atoms with Gasteiger partial charge in [0.25, 0.3) is 6.43 Å². The van der Waals surface area contributed by atoms with Crippen molar-refractivity contribution in [3.8, 4) is 0 Å². The summed E-state index contributed by atoms with van der Waals surface area (Å²) in [5.74, 6) is 0.0642. The van der Waals surface area contributed by atoms with E-state index in [0.717, 1.165) is 0 Å². The van der Waals surface area contributed by atoms with Gasteiger partial charge in [-0.2, -0.15) is 0 Å². The van der Waals surface area contributed by atoms with Crippen molar-refractivity contribution in [2.75, 3.05) is 13.7 Å². The van der Waals surface area contributed by atoms with Crippen molar-refractivity contribution in [2.24, 2.45) is 5.92 Å². The first-order valence-electron chi connectivity index (χ1n) is 4.33. The molecular formula is C9H16F2N2O. The lowest BCUT2D eigenvalue weighted by Gasteiger charge is -2.11. The molecule has 0 bridgehead atoms. The predicted molar refractivity (Wildman–Crippen MR) is 51.7 cm³/mol. The summed E-state index contributed by atoms with van der Waals surface area (Å²) in [4.78, 5) is 0. The molecule has 0 fully saturated rings. The van der Waals surface area contributed by atoms with Crippen LogP contribution in [0.2, 0.25) is 0 Å². The van der Waals surface area contributed by atoms with Gasteiger partial charge < -0.3 is 10.1 Å². The number of ether oxygens (including phenoxy) is 1. The Balaban J connectivity index is 4.27. The molecule has 0 radical (unpaired) electrons. The summed E-state index contributed by atoms with van der Waals surface area (Å²) in [7, 11) is 1.38. The van der Waals surface area contributed by atoms with Crippen molar-refractivity contribution < 1.29 is 13.5 Å². The first-order valence-corrected chi connectivity index (χ1v) is 4.33. The van der Waals surface area contributed by atoms with Gasteiger partial charge in [-0.15, -0.1) is 0 Å². The molecule has 0 saturated carbocycles. The van der Waals surface area contributed by atoms with Gasteiger partial charge in [0.15, 0.2) is 0 Å². The van der Waals surface area contributed by atoms with Gasteiger partial charge >= 0.3 is 0 Å². The summed E-state index contributed by atoms with van der Waals surface area (Å²) in [5, 5.41) is 9.84. The van der Waals surface area contributed by atoms with E-state index in [2.05, 4.69) is 5.32 Å². The predicted octanol–water partition coefficient (Wildman–Crippen LogP) is 2.00. The Morgan fingerprint density at radius 3 is 2.43 bits per heavy atom. The molecule has 0 heterocycles. The van der Waals surface area contributed by atoms with Gasteiger partial charge in [0.05, 0.1) is 13.7 Å². The molecule has 0 unspecified atom stereocenters. The van der Waals surface area contributed by atoms with Crippen LogP contribution in [0.1, 0.15) is 13.8 Å². The monoisotopic (exact) mass is 206 g/mol. The number of hydrogen-bond donors (Lipinski definition) is 2. The van der Waals surface area contributed by atoms with Crippen LogP contribution in [0.5, 0.6) is 0 Å². The summed E-state index contributed by atoms with van der Waals surface area (Å²) in [6.45, 7) is 3.32. The molecule has 2 N–H and O–H groups in total. The molecule has 0 aromatic heterocycles. The molecule has 5 heteroatoms. The first-order chi connectivity index (χ1) is 6.49. The van der Waals surface area contributed by atoms with Crippen molar-refractivity contribution in [1.29, 1.82) is 5.41 Å². The van der Waals surface area contributed by atoms with Crippen molar-refractivity contribution in [3.63, 3.8) is 0 Å². The Morgan fingerprint density at radius 2 is 2.07 bits per heavy atom. The highest BCUT2D eigenvalue weighted by molar-refractivity contribution is 5.91. The summed E-state index contributed by atoms with van der Waals surface area (Å²) in [6, 6.07) is 0. The van der Waals surface area contributed by atoms with Crippen LogP contribution in [0.4, 0.5) is 8.78 Å². The molecular weight excluding hydrogens is 190 g/mol. The zero-order valence-corrected chi connectivity index (χ0v) is 8.60. The minimum atomic E-state index is -2.39. The summed E-state index contributed by atoms with van der Waals surface area (Å²) in [5.41, 5.74) is 0.577. The van der Waals surface area contributed by atoms with Gasteiger partial charge in [-0.1, -0.05) is 13.8 Å². The van der Waals surface area contributed by atoms with E-state index < -0.39 is 13.0 Å². The zero-order chi connectivity index (χ0) is 11.1. The molecule has 0 amide bonds. The number of methoxy groups -OCH3 is 1. The molecule has 0 rings (SSSR count). The molecule has 0 spiro atoms. The van der Waals surface area contributed by atoms with Crippen LogP contribution in [0.15, 0.2) is 11.8 Å². The van der Waals surface area contributed by atoms with Crippen molar-refractivity contribution >= 4 is 5.90 Å². The topological polar surface area (TPSA) is 45.1 Å². The fourth-order valence-corrected chi connectivity index (χ4v) is 0.870. The normalized spacial score (nSPS) is 12.1. The Kier molecular flexibility index (Phi) is 5.83. The second kappa shape index (κ2) is 6.34. The average molecular weight is 206 g/mol. The van der Waals surface area contributed by atoms with E-state index in [9.17, 15) is 8.78 Å². The minimum Gasteiger partial charge on any atom is -0.481 e. The molecule has 14 heavy (non-hydrogen) atoms. The maximum absolute atomic E-state index is 11.8. The van der Waals surface area contributed by atoms with E-state index in [-0.39, 0.29) is 11.8 Å². The SMILES string of the molecule is COC(=N)/C(=C\NCC(F)F)C(C)C. The van der Waals surface area contributed by atoms with Crippen molar-refractivity contribution in [3.05, 3.63) is 11.8 Å². The lowest BCUT2D eigenvalue weighted by molar-refractivity contribution is 0.150. The highest BCUT2D eigenvalue weighted by Gasteiger charge is 2.10. The Labute approximate surface area is 82.6 Å². The van der Waals surface area contributed by atoms with Crippen LogP contribution in [0, 0.1) is 11.3 Å². The fourth-order valence-electron chi connectivity index (χ4n) is 0.870. The molecule has 0 saturated heterocycles. The Morgan fingerprint density at radius 1 is 1.50 bits per heavy atom. The summed E-state index contributed by atoms with van der Waals surface area (Å²) in [6.07, 6.45) is -0.987. The number of hydrogen-bond acceptors (Lipinski definition) is 3. The fraction of sp³-hybridized carbons (Fsp3) is 0.667. The quantitative estimate of drug-likeness (QED) is 0.534. The maximum atomic E-state index is 11.8. The summed E-state index contributed by atoms with van der Waals surface area (Å²) < 4.78 is 28.3. The smallest absolute Gasteiger partial charge is 0.255 e. The number of rotatable bonds is 5. The van der Waals surface area contributed by atoms with E-state index in [1.54, 1.807) is 0 Å². The summed E-state index contributed by atoms with van der Waals surface area (Å²) >= 11 is 0. The highest BCUT2D eigenvalue weighted by atomic mass is 19.3. The second-order valence-corrected chi connectivity index (χ2v) is 3.09. The van der Waals surface area contributed by atoms with Gasteiger partial charge in [-0.05, 0) is 5.92 Å². The Hall–Kier alpha value is -1.13. The lowest BCUT2D eigenvalue weighted by Crippen LogP contribution is -2.19. The van der Waals surface area contributed by atoms with E-state index in [4.69, 9.17) is 10.1 Å². The molecule has 3 nitrogen and oxygen atoms in total. The lowest BCUT2D eigenvalue weighted by atomic mass is 10.0. The second-order valence-electron chi connectivity index (χ2n) is 3.09. The molecule has 0 aromatic rings. The third-order valence-electron chi connectivity index (χ3n) is 1.62. The number of alkyl halides is 2. The van der Waals surface area contributed by atoms with Crippen LogP contribution >= 0.6 is 0 Å². The molecule has 0 aliphatic heterocycles. The number of halogens is 2. The van der Waals surface area contributed by atoms with Crippen molar-refractivity contribution in [2.45, 2.75) is 20.3 Å². The molecule has 0 atom stereocenters. The number of nitrogens with one attached hydrogen (secondary N) is 2. The highest BCUT2D eigenvalue weighted by Crippen LogP contribution is 2.10. The molecule has 0 aromatic carbocycles.